The Balaban J connectivity index is 2.18. The summed E-state index contributed by atoms with van der Waals surface area (Å²) in [5.41, 5.74) is 8.10. The van der Waals surface area contributed by atoms with Gasteiger partial charge in [0, 0.05) is 6.04 Å². The fraction of sp³-hybridized carbons (Fsp3) is 0.562. The van der Waals surface area contributed by atoms with E-state index in [-0.39, 0.29) is 0 Å². The molecule has 0 radical (unpaired) electrons. The highest BCUT2D eigenvalue weighted by Gasteiger charge is 2.27. The maximum absolute atomic E-state index is 9.03. The van der Waals surface area contributed by atoms with Gasteiger partial charge in [-0.25, -0.2) is 0 Å². The smallest absolute Gasteiger partial charge is 0.101 e. The minimum absolute atomic E-state index is 0.477. The number of hydrogen-bond donors (Lipinski definition) is 2. The van der Waals surface area contributed by atoms with Gasteiger partial charge in [0.25, 0.3) is 0 Å². The fourth-order valence-corrected chi connectivity index (χ4v) is 3.13. The minimum atomic E-state index is 0.477. The summed E-state index contributed by atoms with van der Waals surface area (Å²) >= 11 is 0. The lowest BCUT2D eigenvalue weighted by molar-refractivity contribution is 0.254. The van der Waals surface area contributed by atoms with Crippen LogP contribution in [0.5, 0.6) is 0 Å². The van der Waals surface area contributed by atoms with E-state index in [0.29, 0.717) is 29.1 Å². The molecule has 0 spiro atoms. The van der Waals surface area contributed by atoms with Gasteiger partial charge in [0.1, 0.15) is 6.07 Å². The van der Waals surface area contributed by atoms with E-state index in [1.165, 1.54) is 25.7 Å². The highest BCUT2D eigenvalue weighted by molar-refractivity contribution is 5.73. The molecule has 1 fully saturated rings. The molecular formula is C16H23N3. The van der Waals surface area contributed by atoms with Crippen molar-refractivity contribution in [1.29, 1.82) is 5.26 Å². The highest BCUT2D eigenvalue weighted by Crippen LogP contribution is 2.34. The number of hydrogen-bond acceptors (Lipinski definition) is 3. The fourth-order valence-electron chi connectivity index (χ4n) is 3.13. The van der Waals surface area contributed by atoms with Crippen LogP contribution in [-0.4, -0.2) is 6.04 Å². The molecule has 3 nitrogen and oxygen atoms in total. The molecule has 0 heterocycles. The molecule has 2 unspecified atom stereocenters. The zero-order valence-corrected chi connectivity index (χ0v) is 11.8. The molecule has 1 saturated carbocycles. The molecule has 1 aromatic carbocycles. The summed E-state index contributed by atoms with van der Waals surface area (Å²) in [5.74, 6) is 1.37. The molecular weight excluding hydrogens is 234 g/mol. The number of nitrogen functional groups attached to an aromatic ring is 1. The van der Waals surface area contributed by atoms with E-state index >= 15 is 0 Å². The second-order valence-electron chi connectivity index (χ2n) is 5.82. The third-order valence-electron chi connectivity index (χ3n) is 4.24. The normalized spacial score (nSPS) is 23.1. The van der Waals surface area contributed by atoms with Crippen LogP contribution >= 0.6 is 0 Å². The Morgan fingerprint density at radius 3 is 2.74 bits per heavy atom. The molecule has 1 aliphatic rings. The average molecular weight is 257 g/mol. The van der Waals surface area contributed by atoms with Gasteiger partial charge in [-0.15, -0.1) is 0 Å². The Labute approximate surface area is 115 Å². The molecule has 19 heavy (non-hydrogen) atoms. The topological polar surface area (TPSA) is 61.8 Å². The number of nitrogens with two attached hydrogens (primary N) is 1. The number of nitriles is 1. The monoisotopic (exact) mass is 257 g/mol. The predicted octanol–water partition coefficient (Wildman–Crippen LogP) is 3.77. The average Bonchev–Trinajstić information content (AvgIpc) is 2.41. The van der Waals surface area contributed by atoms with Crippen LogP contribution in [0.2, 0.25) is 0 Å². The van der Waals surface area contributed by atoms with E-state index in [1.807, 2.05) is 12.1 Å². The first kappa shape index (κ1) is 13.7. The maximum atomic E-state index is 9.03. The van der Waals surface area contributed by atoms with Crippen molar-refractivity contribution < 1.29 is 0 Å². The van der Waals surface area contributed by atoms with Crippen LogP contribution in [-0.2, 0) is 0 Å². The second-order valence-corrected chi connectivity index (χ2v) is 5.82. The van der Waals surface area contributed by atoms with E-state index in [4.69, 9.17) is 11.0 Å². The zero-order valence-electron chi connectivity index (χ0n) is 11.8. The maximum Gasteiger partial charge on any atom is 0.101 e. The molecule has 0 amide bonds. The van der Waals surface area contributed by atoms with Crippen LogP contribution in [0.3, 0.4) is 0 Å². The summed E-state index contributed by atoms with van der Waals surface area (Å²) in [5, 5.41) is 12.6. The third kappa shape index (κ3) is 3.01. The first-order valence-corrected chi connectivity index (χ1v) is 7.18. The van der Waals surface area contributed by atoms with Crippen molar-refractivity contribution in [2.75, 3.05) is 11.1 Å². The number of nitrogens with one attached hydrogen (secondary N) is 1. The molecule has 2 atom stereocenters. The standard InChI is InChI=1S/C16H23N3/c1-11(2)13-7-3-4-8-14(13)19-15-9-5-6-12(10-17)16(15)18/h5-6,9,11,13-14,19H,3-4,7-8,18H2,1-2H3. The van der Waals surface area contributed by atoms with Gasteiger partial charge in [0.2, 0.25) is 0 Å². The van der Waals surface area contributed by atoms with Crippen molar-refractivity contribution >= 4 is 11.4 Å². The quantitative estimate of drug-likeness (QED) is 0.810. The predicted molar refractivity (Wildman–Crippen MR) is 79.8 cm³/mol. The lowest BCUT2D eigenvalue weighted by Gasteiger charge is -2.35. The molecule has 1 aliphatic carbocycles. The first-order valence-electron chi connectivity index (χ1n) is 7.18. The number of anilines is 2. The van der Waals surface area contributed by atoms with Gasteiger partial charge < -0.3 is 11.1 Å². The number of nitrogens with zero attached hydrogens (tertiary/aromatic N) is 1. The molecule has 2 rings (SSSR count). The third-order valence-corrected chi connectivity index (χ3v) is 4.24. The van der Waals surface area contributed by atoms with E-state index in [1.54, 1.807) is 6.07 Å². The van der Waals surface area contributed by atoms with Gasteiger partial charge in [0.15, 0.2) is 0 Å². The van der Waals surface area contributed by atoms with Crippen LogP contribution in [0.1, 0.15) is 45.1 Å². The molecule has 1 aromatic rings. The Kier molecular flexibility index (Phi) is 4.31. The van der Waals surface area contributed by atoms with E-state index in [2.05, 4.69) is 25.2 Å². The second kappa shape index (κ2) is 5.97. The molecule has 0 bridgehead atoms. The van der Waals surface area contributed by atoms with Crippen molar-refractivity contribution in [3.05, 3.63) is 23.8 Å². The SMILES string of the molecule is CC(C)C1CCCCC1Nc1cccc(C#N)c1N. The Morgan fingerprint density at radius 2 is 2.05 bits per heavy atom. The molecule has 0 saturated heterocycles. The highest BCUT2D eigenvalue weighted by atomic mass is 14.9. The van der Waals surface area contributed by atoms with Gasteiger partial charge >= 0.3 is 0 Å². The van der Waals surface area contributed by atoms with Crippen LogP contribution in [0.4, 0.5) is 11.4 Å². The molecule has 3 heteroatoms. The lowest BCUT2D eigenvalue weighted by atomic mass is 9.77. The van der Waals surface area contributed by atoms with Gasteiger partial charge in [0.05, 0.1) is 16.9 Å². The number of para-hydroxylation sites is 1. The van der Waals surface area contributed by atoms with Gasteiger partial charge in [-0.2, -0.15) is 5.26 Å². The molecule has 0 aliphatic heterocycles. The summed E-state index contributed by atoms with van der Waals surface area (Å²) in [6.45, 7) is 4.58. The largest absolute Gasteiger partial charge is 0.396 e. The van der Waals surface area contributed by atoms with Crippen molar-refractivity contribution in [2.45, 2.75) is 45.6 Å². The molecule has 0 aromatic heterocycles. The summed E-state index contributed by atoms with van der Waals surface area (Å²) in [6.07, 6.45) is 5.08. The molecule has 3 N–H and O–H groups in total. The van der Waals surface area contributed by atoms with Crippen LogP contribution in [0.25, 0.3) is 0 Å². The molecule has 102 valence electrons. The zero-order chi connectivity index (χ0) is 13.8. The van der Waals surface area contributed by atoms with Crippen molar-refractivity contribution in [3.63, 3.8) is 0 Å². The van der Waals surface area contributed by atoms with E-state index in [9.17, 15) is 0 Å². The minimum Gasteiger partial charge on any atom is -0.396 e. The van der Waals surface area contributed by atoms with Crippen LogP contribution in [0.15, 0.2) is 18.2 Å². The van der Waals surface area contributed by atoms with Crippen molar-refractivity contribution in [3.8, 4) is 6.07 Å². The Morgan fingerprint density at radius 1 is 1.32 bits per heavy atom. The van der Waals surface area contributed by atoms with E-state index in [0.717, 1.165) is 5.69 Å². The van der Waals surface area contributed by atoms with E-state index < -0.39 is 0 Å². The number of rotatable bonds is 3. The summed E-state index contributed by atoms with van der Waals surface area (Å²) in [4.78, 5) is 0. The van der Waals surface area contributed by atoms with Gasteiger partial charge in [-0.05, 0) is 36.8 Å². The summed E-state index contributed by atoms with van der Waals surface area (Å²) in [6, 6.07) is 8.25. The Hall–Kier alpha value is -1.69. The van der Waals surface area contributed by atoms with Crippen LogP contribution in [0, 0.1) is 23.2 Å². The lowest BCUT2D eigenvalue weighted by Crippen LogP contribution is -2.35. The van der Waals surface area contributed by atoms with Crippen molar-refractivity contribution in [1.82, 2.24) is 0 Å². The van der Waals surface area contributed by atoms with Gasteiger partial charge in [-0.1, -0.05) is 32.8 Å². The first-order chi connectivity index (χ1) is 9.13. The van der Waals surface area contributed by atoms with Gasteiger partial charge in [-0.3, -0.25) is 0 Å². The van der Waals surface area contributed by atoms with Crippen molar-refractivity contribution in [2.24, 2.45) is 11.8 Å². The summed E-state index contributed by atoms with van der Waals surface area (Å²) < 4.78 is 0. The van der Waals surface area contributed by atoms with Crippen LogP contribution < -0.4 is 11.1 Å². The Bertz CT molecular complexity index is 473. The number of benzene rings is 1. The summed E-state index contributed by atoms with van der Waals surface area (Å²) in [7, 11) is 0.